The number of hydrogen-bond acceptors (Lipinski definition) is 2. The zero-order valence-corrected chi connectivity index (χ0v) is 10.5. The number of ketones is 1. The molecular weight excluding hydrogens is 272 g/mol. The number of rotatable bonds is 3. The van der Waals surface area contributed by atoms with Crippen molar-refractivity contribution in [3.63, 3.8) is 0 Å². The van der Waals surface area contributed by atoms with E-state index in [4.69, 9.17) is 17.3 Å². The zero-order valence-electron chi connectivity index (χ0n) is 9.79. The molecule has 2 N–H and O–H groups in total. The summed E-state index contributed by atoms with van der Waals surface area (Å²) in [5.41, 5.74) is 6.10. The molecule has 0 spiro atoms. The molecule has 0 aromatic heterocycles. The summed E-state index contributed by atoms with van der Waals surface area (Å²) in [4.78, 5) is 11.9. The van der Waals surface area contributed by atoms with E-state index in [1.165, 1.54) is 30.3 Å². The first-order valence-corrected chi connectivity index (χ1v) is 5.87. The summed E-state index contributed by atoms with van der Waals surface area (Å²) < 4.78 is 26.2. The standard InChI is InChI=1S/C14H10ClF2NO/c15-10-5-8(1-3-11(10)16)6-14(19)9-2-4-13(18)12(17)7-9/h1-5,7H,6,18H2. The maximum Gasteiger partial charge on any atom is 0.167 e. The molecule has 2 rings (SSSR count). The minimum atomic E-state index is -0.636. The van der Waals surface area contributed by atoms with Crippen molar-refractivity contribution in [3.8, 4) is 0 Å². The maximum atomic E-state index is 13.2. The van der Waals surface area contributed by atoms with E-state index in [2.05, 4.69) is 0 Å². The molecule has 19 heavy (non-hydrogen) atoms. The van der Waals surface area contributed by atoms with E-state index >= 15 is 0 Å². The minimum absolute atomic E-state index is 0.0126. The molecule has 0 aliphatic carbocycles. The van der Waals surface area contributed by atoms with Gasteiger partial charge in [-0.05, 0) is 35.9 Å². The van der Waals surface area contributed by atoms with E-state index in [9.17, 15) is 13.6 Å². The lowest BCUT2D eigenvalue weighted by molar-refractivity contribution is 0.0992. The third-order valence-corrected chi connectivity index (χ3v) is 2.96. The van der Waals surface area contributed by atoms with Crippen LogP contribution in [0.25, 0.3) is 0 Å². The van der Waals surface area contributed by atoms with Crippen LogP contribution in [0.5, 0.6) is 0 Å². The molecule has 0 amide bonds. The molecule has 0 saturated heterocycles. The molecule has 0 unspecified atom stereocenters. The molecule has 0 radical (unpaired) electrons. The van der Waals surface area contributed by atoms with Crippen LogP contribution < -0.4 is 5.73 Å². The lowest BCUT2D eigenvalue weighted by Crippen LogP contribution is -2.05. The summed E-state index contributed by atoms with van der Waals surface area (Å²) in [7, 11) is 0. The van der Waals surface area contributed by atoms with Crippen molar-refractivity contribution in [3.05, 3.63) is 64.2 Å². The number of nitrogens with two attached hydrogens (primary N) is 1. The molecular formula is C14H10ClF2NO. The number of nitrogen functional groups attached to an aromatic ring is 1. The second-order valence-corrected chi connectivity index (χ2v) is 4.49. The summed E-state index contributed by atoms with van der Waals surface area (Å²) in [6, 6.07) is 7.90. The van der Waals surface area contributed by atoms with Gasteiger partial charge in [-0.15, -0.1) is 0 Å². The van der Waals surface area contributed by atoms with E-state index in [1.54, 1.807) is 0 Å². The molecule has 0 atom stereocenters. The predicted octanol–water partition coefficient (Wildman–Crippen LogP) is 3.63. The van der Waals surface area contributed by atoms with Gasteiger partial charge in [0.05, 0.1) is 10.7 Å². The Morgan fingerprint density at radius 1 is 1.11 bits per heavy atom. The molecule has 2 aromatic rings. The van der Waals surface area contributed by atoms with Crippen LogP contribution in [-0.4, -0.2) is 5.78 Å². The first-order valence-electron chi connectivity index (χ1n) is 5.49. The van der Waals surface area contributed by atoms with Crippen LogP contribution in [0, 0.1) is 11.6 Å². The van der Waals surface area contributed by atoms with Gasteiger partial charge in [0.25, 0.3) is 0 Å². The van der Waals surface area contributed by atoms with Crippen molar-refractivity contribution in [1.29, 1.82) is 0 Å². The van der Waals surface area contributed by atoms with Crippen molar-refractivity contribution in [1.82, 2.24) is 0 Å². The Bertz CT molecular complexity index is 643. The fraction of sp³-hybridized carbons (Fsp3) is 0.0714. The van der Waals surface area contributed by atoms with Gasteiger partial charge in [-0.2, -0.15) is 0 Å². The monoisotopic (exact) mass is 281 g/mol. The van der Waals surface area contributed by atoms with Gasteiger partial charge in [-0.3, -0.25) is 4.79 Å². The lowest BCUT2D eigenvalue weighted by atomic mass is 10.0. The summed E-state index contributed by atoms with van der Waals surface area (Å²) in [6.07, 6.45) is 0.0172. The average Bonchev–Trinajstić information content (AvgIpc) is 2.37. The Morgan fingerprint density at radius 2 is 1.84 bits per heavy atom. The number of anilines is 1. The van der Waals surface area contributed by atoms with Crippen LogP contribution in [0.15, 0.2) is 36.4 Å². The van der Waals surface area contributed by atoms with E-state index in [0.717, 1.165) is 6.07 Å². The van der Waals surface area contributed by atoms with Gasteiger partial charge >= 0.3 is 0 Å². The summed E-state index contributed by atoms with van der Waals surface area (Å²) in [5, 5.41) is -0.0474. The quantitative estimate of drug-likeness (QED) is 0.690. The van der Waals surface area contributed by atoms with E-state index < -0.39 is 11.6 Å². The van der Waals surface area contributed by atoms with Crippen LogP contribution in [0.1, 0.15) is 15.9 Å². The van der Waals surface area contributed by atoms with Crippen LogP contribution >= 0.6 is 11.6 Å². The molecule has 2 nitrogen and oxygen atoms in total. The first kappa shape index (κ1) is 13.5. The van der Waals surface area contributed by atoms with E-state index in [0.29, 0.717) is 5.56 Å². The summed E-state index contributed by atoms with van der Waals surface area (Å²) >= 11 is 5.63. The van der Waals surface area contributed by atoms with Gasteiger partial charge in [0.15, 0.2) is 5.78 Å². The second-order valence-electron chi connectivity index (χ2n) is 4.08. The number of carbonyl (C=O) groups is 1. The Balaban J connectivity index is 2.20. The highest BCUT2D eigenvalue weighted by atomic mass is 35.5. The molecule has 0 aliphatic heterocycles. The Labute approximate surface area is 113 Å². The van der Waals surface area contributed by atoms with Crippen molar-refractivity contribution in [2.24, 2.45) is 0 Å². The van der Waals surface area contributed by atoms with Crippen molar-refractivity contribution >= 4 is 23.1 Å². The normalized spacial score (nSPS) is 10.5. The SMILES string of the molecule is Nc1ccc(C(=O)Cc2ccc(F)c(Cl)c2)cc1F. The minimum Gasteiger partial charge on any atom is -0.396 e. The van der Waals surface area contributed by atoms with Gasteiger partial charge in [0.1, 0.15) is 11.6 Å². The molecule has 0 fully saturated rings. The lowest BCUT2D eigenvalue weighted by Gasteiger charge is -2.04. The maximum absolute atomic E-state index is 13.2. The largest absolute Gasteiger partial charge is 0.396 e. The second kappa shape index (κ2) is 5.36. The van der Waals surface area contributed by atoms with Crippen LogP contribution in [0.4, 0.5) is 14.5 Å². The van der Waals surface area contributed by atoms with Gasteiger partial charge < -0.3 is 5.73 Å². The molecule has 2 aromatic carbocycles. The van der Waals surface area contributed by atoms with E-state index in [-0.39, 0.29) is 28.5 Å². The molecule has 5 heteroatoms. The van der Waals surface area contributed by atoms with Gasteiger partial charge in [0.2, 0.25) is 0 Å². The smallest absolute Gasteiger partial charge is 0.167 e. The average molecular weight is 282 g/mol. The third kappa shape index (κ3) is 3.09. The molecule has 0 heterocycles. The van der Waals surface area contributed by atoms with Crippen molar-refractivity contribution < 1.29 is 13.6 Å². The highest BCUT2D eigenvalue weighted by Crippen LogP contribution is 2.18. The fourth-order valence-corrected chi connectivity index (χ4v) is 1.84. The van der Waals surface area contributed by atoms with E-state index in [1.807, 2.05) is 0 Å². The Kier molecular flexibility index (Phi) is 3.81. The number of carbonyl (C=O) groups excluding carboxylic acids is 1. The zero-order chi connectivity index (χ0) is 14.0. The number of hydrogen-bond donors (Lipinski definition) is 1. The third-order valence-electron chi connectivity index (χ3n) is 2.67. The van der Waals surface area contributed by atoms with Crippen LogP contribution in [-0.2, 0) is 6.42 Å². The highest BCUT2D eigenvalue weighted by Gasteiger charge is 2.10. The van der Waals surface area contributed by atoms with Crippen molar-refractivity contribution in [2.75, 3.05) is 5.73 Å². The van der Waals surface area contributed by atoms with Gasteiger partial charge in [-0.25, -0.2) is 8.78 Å². The predicted molar refractivity (Wildman–Crippen MR) is 70.3 cm³/mol. The topological polar surface area (TPSA) is 43.1 Å². The van der Waals surface area contributed by atoms with Crippen LogP contribution in [0.3, 0.4) is 0 Å². The van der Waals surface area contributed by atoms with Gasteiger partial charge in [0, 0.05) is 12.0 Å². The van der Waals surface area contributed by atoms with Gasteiger partial charge in [-0.1, -0.05) is 17.7 Å². The Hall–Kier alpha value is -1.94. The first-order chi connectivity index (χ1) is 8.97. The number of halogens is 3. The molecule has 0 aliphatic rings. The van der Waals surface area contributed by atoms with Crippen molar-refractivity contribution in [2.45, 2.75) is 6.42 Å². The summed E-state index contributed by atoms with van der Waals surface area (Å²) in [6.45, 7) is 0. The molecule has 98 valence electrons. The fourth-order valence-electron chi connectivity index (χ4n) is 1.64. The number of Topliss-reactive ketones (excluding diaryl/α,β-unsaturated/α-hetero) is 1. The van der Waals surface area contributed by atoms with Crippen LogP contribution in [0.2, 0.25) is 5.02 Å². The highest BCUT2D eigenvalue weighted by molar-refractivity contribution is 6.30. The Morgan fingerprint density at radius 3 is 2.47 bits per heavy atom. The molecule has 0 bridgehead atoms. The molecule has 0 saturated carbocycles. The number of benzene rings is 2. The summed E-state index contributed by atoms with van der Waals surface area (Å²) in [5.74, 6) is -1.47.